The first-order chi connectivity index (χ1) is 15.8. The lowest BCUT2D eigenvalue weighted by Crippen LogP contribution is -2.37. The van der Waals surface area contributed by atoms with E-state index in [0.29, 0.717) is 30.0 Å². The summed E-state index contributed by atoms with van der Waals surface area (Å²) in [6.07, 6.45) is 0.485. The number of rotatable bonds is 5. The van der Waals surface area contributed by atoms with Gasteiger partial charge in [-0.1, -0.05) is 23.8 Å². The average molecular weight is 469 g/mol. The van der Waals surface area contributed by atoms with Crippen molar-refractivity contribution >= 4 is 15.9 Å². The van der Waals surface area contributed by atoms with Gasteiger partial charge in [-0.05, 0) is 36.8 Å². The molecule has 33 heavy (non-hydrogen) atoms. The maximum atomic E-state index is 13.2. The van der Waals surface area contributed by atoms with Crippen molar-refractivity contribution in [3.05, 3.63) is 70.5 Å². The minimum atomic E-state index is -3.68. The molecule has 0 radical (unpaired) electrons. The van der Waals surface area contributed by atoms with E-state index in [9.17, 15) is 13.2 Å². The van der Waals surface area contributed by atoms with E-state index in [4.69, 9.17) is 9.47 Å². The van der Waals surface area contributed by atoms with Crippen LogP contribution in [0.15, 0.2) is 47.4 Å². The van der Waals surface area contributed by atoms with Gasteiger partial charge in [-0.2, -0.15) is 9.40 Å². The Labute approximate surface area is 192 Å². The first-order valence-electron chi connectivity index (χ1n) is 10.6. The second-order valence-corrected chi connectivity index (χ2v) is 10.1. The topological polar surface area (TPSA) is 103 Å². The van der Waals surface area contributed by atoms with Gasteiger partial charge >= 0.3 is 0 Å². The monoisotopic (exact) mass is 468 g/mol. The highest BCUT2D eigenvalue weighted by Gasteiger charge is 2.33. The summed E-state index contributed by atoms with van der Waals surface area (Å²) in [5.41, 5.74) is 3.61. The van der Waals surface area contributed by atoms with Crippen molar-refractivity contribution in [1.82, 2.24) is 19.4 Å². The lowest BCUT2D eigenvalue weighted by molar-refractivity contribution is 0.0943. The highest BCUT2D eigenvalue weighted by Crippen LogP contribution is 2.32. The second-order valence-electron chi connectivity index (χ2n) is 8.17. The molecule has 9 nitrogen and oxygen atoms in total. The van der Waals surface area contributed by atoms with E-state index in [1.54, 1.807) is 42.1 Å². The molecular weight excluding hydrogens is 444 g/mol. The molecule has 0 fully saturated rings. The fraction of sp³-hybridized carbons (Fsp3) is 0.304. The van der Waals surface area contributed by atoms with Crippen molar-refractivity contribution < 1.29 is 22.7 Å². The highest BCUT2D eigenvalue weighted by molar-refractivity contribution is 7.89. The summed E-state index contributed by atoms with van der Waals surface area (Å²) in [4.78, 5) is 13.2. The Balaban J connectivity index is 1.35. The van der Waals surface area contributed by atoms with Crippen LogP contribution in [0.25, 0.3) is 0 Å². The van der Waals surface area contributed by atoms with E-state index < -0.39 is 10.0 Å². The Morgan fingerprint density at radius 3 is 2.67 bits per heavy atom. The average Bonchev–Trinajstić information content (AvgIpc) is 3.41. The van der Waals surface area contributed by atoms with Gasteiger partial charge in [-0.25, -0.2) is 8.42 Å². The maximum Gasteiger partial charge on any atom is 0.272 e. The first-order valence-corrected chi connectivity index (χ1v) is 12.1. The summed E-state index contributed by atoms with van der Waals surface area (Å²) in [5.74, 6) is 0.978. The molecule has 0 aliphatic carbocycles. The number of carbonyl (C=O) groups excluding carboxylic acids is 1. The van der Waals surface area contributed by atoms with Crippen LogP contribution in [0.1, 0.15) is 32.9 Å². The third-order valence-electron chi connectivity index (χ3n) is 5.97. The minimum Gasteiger partial charge on any atom is -0.454 e. The molecule has 0 bridgehead atoms. The van der Waals surface area contributed by atoms with Crippen molar-refractivity contribution in [3.63, 3.8) is 0 Å². The van der Waals surface area contributed by atoms with Gasteiger partial charge in [0.05, 0.1) is 4.90 Å². The molecule has 172 valence electrons. The number of carbonyl (C=O) groups is 1. The van der Waals surface area contributed by atoms with Crippen LogP contribution in [0, 0.1) is 6.92 Å². The smallest absolute Gasteiger partial charge is 0.272 e. The van der Waals surface area contributed by atoms with Crippen molar-refractivity contribution in [1.29, 1.82) is 0 Å². The molecule has 2 aromatic carbocycles. The molecule has 5 rings (SSSR count). The third-order valence-corrected chi connectivity index (χ3v) is 7.83. The molecule has 0 saturated carbocycles. The zero-order chi connectivity index (χ0) is 23.2. The Morgan fingerprint density at radius 1 is 1.12 bits per heavy atom. The SMILES string of the molecule is Cc1ccc(S(=O)(=O)N2CCc3c(c(C(=O)NCc4ccc5c(c4)OCO5)nn3C)C2)cc1. The number of amides is 1. The summed E-state index contributed by atoms with van der Waals surface area (Å²) in [5, 5.41) is 7.28. The zero-order valence-electron chi connectivity index (χ0n) is 18.4. The van der Waals surface area contributed by atoms with Crippen LogP contribution >= 0.6 is 0 Å². The Morgan fingerprint density at radius 2 is 1.88 bits per heavy atom. The Bertz CT molecular complexity index is 1330. The van der Waals surface area contributed by atoms with E-state index in [1.807, 2.05) is 19.1 Å². The maximum absolute atomic E-state index is 13.2. The largest absolute Gasteiger partial charge is 0.454 e. The third kappa shape index (κ3) is 3.96. The first kappa shape index (κ1) is 21.5. The molecule has 10 heteroatoms. The van der Waals surface area contributed by atoms with Gasteiger partial charge in [0.25, 0.3) is 5.91 Å². The van der Waals surface area contributed by atoms with Gasteiger partial charge < -0.3 is 14.8 Å². The molecule has 1 aromatic heterocycles. The number of ether oxygens (including phenoxy) is 2. The number of aryl methyl sites for hydroxylation is 2. The molecule has 1 amide bonds. The molecule has 0 atom stereocenters. The molecule has 3 aromatic rings. The summed E-state index contributed by atoms with van der Waals surface area (Å²) in [6.45, 7) is 2.82. The number of fused-ring (bicyclic) bond motifs is 2. The lowest BCUT2D eigenvalue weighted by atomic mass is 10.1. The molecule has 0 spiro atoms. The molecule has 0 saturated heterocycles. The molecule has 2 aliphatic rings. The second kappa shape index (κ2) is 8.20. The lowest BCUT2D eigenvalue weighted by Gasteiger charge is -2.27. The fourth-order valence-corrected chi connectivity index (χ4v) is 5.54. The van der Waals surface area contributed by atoms with Crippen LogP contribution in [-0.2, 0) is 36.6 Å². The van der Waals surface area contributed by atoms with Crippen LogP contribution in [0.5, 0.6) is 11.5 Å². The molecule has 1 N–H and O–H groups in total. The minimum absolute atomic E-state index is 0.103. The van der Waals surface area contributed by atoms with Crippen LogP contribution in [-0.4, -0.2) is 41.7 Å². The molecule has 3 heterocycles. The summed E-state index contributed by atoms with van der Waals surface area (Å²) in [7, 11) is -1.90. The normalized spacial score (nSPS) is 15.3. The number of nitrogens with zero attached hydrogens (tertiary/aromatic N) is 3. The molecule has 2 aliphatic heterocycles. The fourth-order valence-electron chi connectivity index (χ4n) is 4.13. The number of benzene rings is 2. The van der Waals surface area contributed by atoms with Gasteiger partial charge in [0.15, 0.2) is 17.2 Å². The zero-order valence-corrected chi connectivity index (χ0v) is 19.2. The number of aromatic nitrogens is 2. The number of sulfonamides is 1. The predicted octanol–water partition coefficient (Wildman–Crippen LogP) is 2.13. The van der Waals surface area contributed by atoms with Crippen molar-refractivity contribution in [2.45, 2.75) is 31.3 Å². The Hall–Kier alpha value is -3.37. The van der Waals surface area contributed by atoms with Gasteiger partial charge in [-0.3, -0.25) is 9.48 Å². The van der Waals surface area contributed by atoms with E-state index in [-0.39, 0.29) is 36.4 Å². The van der Waals surface area contributed by atoms with Crippen LogP contribution in [0.2, 0.25) is 0 Å². The van der Waals surface area contributed by atoms with Crippen molar-refractivity contribution in [3.8, 4) is 11.5 Å². The number of hydrogen-bond acceptors (Lipinski definition) is 6. The van der Waals surface area contributed by atoms with Gasteiger partial charge in [0.1, 0.15) is 0 Å². The van der Waals surface area contributed by atoms with Gasteiger partial charge in [-0.15, -0.1) is 0 Å². The summed E-state index contributed by atoms with van der Waals surface area (Å²) >= 11 is 0. The van der Waals surface area contributed by atoms with E-state index in [0.717, 1.165) is 16.8 Å². The summed E-state index contributed by atoms with van der Waals surface area (Å²) < 4.78 is 40.1. The van der Waals surface area contributed by atoms with Crippen LogP contribution in [0.3, 0.4) is 0 Å². The van der Waals surface area contributed by atoms with Crippen molar-refractivity contribution in [2.24, 2.45) is 7.05 Å². The van der Waals surface area contributed by atoms with Crippen LogP contribution < -0.4 is 14.8 Å². The molecular formula is C23H24N4O5S. The van der Waals surface area contributed by atoms with Gasteiger partial charge in [0, 0.05) is 44.4 Å². The van der Waals surface area contributed by atoms with E-state index in [2.05, 4.69) is 10.4 Å². The standard InChI is InChI=1S/C23H24N4O5S/c1-15-3-6-17(7-4-15)33(29,30)27-10-9-19-18(13-27)22(25-26(19)2)23(28)24-12-16-5-8-20-21(11-16)32-14-31-20/h3-8,11H,9-10,12-14H2,1-2H3,(H,24,28). The van der Waals surface area contributed by atoms with E-state index >= 15 is 0 Å². The van der Waals surface area contributed by atoms with Crippen LogP contribution in [0.4, 0.5) is 0 Å². The predicted molar refractivity (Wildman–Crippen MR) is 119 cm³/mol. The molecule has 0 unspecified atom stereocenters. The summed E-state index contributed by atoms with van der Waals surface area (Å²) in [6, 6.07) is 12.3. The highest BCUT2D eigenvalue weighted by atomic mass is 32.2. The Kier molecular flexibility index (Phi) is 5.34. The van der Waals surface area contributed by atoms with Gasteiger partial charge in [0.2, 0.25) is 16.8 Å². The van der Waals surface area contributed by atoms with E-state index in [1.165, 1.54) is 4.31 Å². The number of hydrogen-bond donors (Lipinski definition) is 1. The van der Waals surface area contributed by atoms with Crippen molar-refractivity contribution in [2.75, 3.05) is 13.3 Å². The quantitative estimate of drug-likeness (QED) is 0.616. The number of nitrogens with one attached hydrogen (secondary N) is 1.